The first-order chi connectivity index (χ1) is 18.7. The minimum atomic E-state index is 1.28. The number of hydrogen-bond acceptors (Lipinski definition) is 2. The Bertz CT molecular complexity index is 1720. The summed E-state index contributed by atoms with van der Waals surface area (Å²) in [5.41, 5.74) is 7.88. The van der Waals surface area contributed by atoms with Crippen LogP contribution in [0.5, 0.6) is 0 Å². The highest BCUT2D eigenvalue weighted by molar-refractivity contribution is 7.16. The van der Waals surface area contributed by atoms with Gasteiger partial charge in [0.15, 0.2) is 0 Å². The van der Waals surface area contributed by atoms with Gasteiger partial charge in [0.05, 0.1) is 0 Å². The summed E-state index contributed by atoms with van der Waals surface area (Å²) in [6.07, 6.45) is 0. The van der Waals surface area contributed by atoms with E-state index in [9.17, 15) is 0 Å². The fourth-order valence-electron chi connectivity index (χ4n) is 5.68. The molecule has 0 atom stereocenters. The molecule has 0 fully saturated rings. The molecule has 7 rings (SSSR count). The summed E-state index contributed by atoms with van der Waals surface area (Å²) < 4.78 is 0. The normalized spacial score (nSPS) is 11.4. The van der Waals surface area contributed by atoms with Crippen LogP contribution in [0.4, 0.5) is 0 Å². The zero-order chi connectivity index (χ0) is 25.6. The Hall–Kier alpha value is -3.98. The Morgan fingerprint density at radius 2 is 0.711 bits per heavy atom. The quantitative estimate of drug-likeness (QED) is 0.202. The Labute approximate surface area is 231 Å². The van der Waals surface area contributed by atoms with Crippen LogP contribution in [0.3, 0.4) is 0 Å². The molecule has 0 saturated carbocycles. The predicted molar refractivity (Wildman–Crippen MR) is 168 cm³/mol. The van der Waals surface area contributed by atoms with Crippen LogP contribution < -0.4 is 0 Å². The molecule has 0 saturated heterocycles. The average molecular weight is 523 g/mol. The minimum absolute atomic E-state index is 1.28. The van der Waals surface area contributed by atoms with E-state index in [1.54, 1.807) is 0 Å². The fourth-order valence-corrected chi connectivity index (χ4v) is 7.91. The molecule has 0 spiro atoms. The van der Waals surface area contributed by atoms with Crippen LogP contribution in [-0.2, 0) is 0 Å². The van der Waals surface area contributed by atoms with Gasteiger partial charge in [-0.15, -0.1) is 22.7 Å². The molecule has 0 nitrogen and oxygen atoms in total. The predicted octanol–water partition coefficient (Wildman–Crippen LogP) is 11.4. The van der Waals surface area contributed by atoms with Crippen LogP contribution >= 0.6 is 22.7 Å². The van der Waals surface area contributed by atoms with E-state index in [1.807, 2.05) is 22.7 Å². The molecule has 0 radical (unpaired) electrons. The summed E-state index contributed by atoms with van der Waals surface area (Å²) in [6, 6.07) is 44.2. The van der Waals surface area contributed by atoms with E-state index >= 15 is 0 Å². The van der Waals surface area contributed by atoms with E-state index in [0.717, 1.165) is 0 Å². The molecule has 0 aliphatic heterocycles. The molecule has 0 bridgehead atoms. The van der Waals surface area contributed by atoms with Crippen LogP contribution in [-0.4, -0.2) is 0 Å². The summed E-state index contributed by atoms with van der Waals surface area (Å²) in [5.74, 6) is 0. The number of aryl methyl sites for hydroxylation is 2. The number of hydrogen-bond donors (Lipinski definition) is 0. The summed E-state index contributed by atoms with van der Waals surface area (Å²) in [5, 5.41) is 5.26. The standard InChI is InChI=1S/C36H26S2/c1-23-31(25-13-5-3-6-14-25)21-33(37-23)35-27-17-9-11-19-29(27)36(30-20-12-10-18-28(30)35)34-22-32(24(2)38-34)26-15-7-4-8-16-26/h3-22H,1-2H3. The third-order valence-electron chi connectivity index (χ3n) is 7.43. The van der Waals surface area contributed by atoms with E-state index < -0.39 is 0 Å². The summed E-state index contributed by atoms with van der Waals surface area (Å²) in [7, 11) is 0. The first-order valence-corrected chi connectivity index (χ1v) is 14.6. The lowest BCUT2D eigenvalue weighted by molar-refractivity contribution is 1.58. The first-order valence-electron chi connectivity index (χ1n) is 12.9. The Kier molecular flexibility index (Phi) is 5.73. The monoisotopic (exact) mass is 522 g/mol. The van der Waals surface area contributed by atoms with Crippen molar-refractivity contribution < 1.29 is 0 Å². The van der Waals surface area contributed by atoms with Crippen LogP contribution in [0.25, 0.3) is 64.7 Å². The molecule has 2 heterocycles. The van der Waals surface area contributed by atoms with Crippen LogP contribution in [0.1, 0.15) is 9.75 Å². The van der Waals surface area contributed by atoms with Gasteiger partial charge in [0.1, 0.15) is 0 Å². The van der Waals surface area contributed by atoms with E-state index in [-0.39, 0.29) is 0 Å². The van der Waals surface area contributed by atoms with Gasteiger partial charge in [-0.25, -0.2) is 0 Å². The second kappa shape index (κ2) is 9.40. The summed E-state index contributed by atoms with van der Waals surface area (Å²) >= 11 is 3.80. The van der Waals surface area contributed by atoms with Crippen molar-refractivity contribution in [2.24, 2.45) is 0 Å². The molecular formula is C36H26S2. The lowest BCUT2D eigenvalue weighted by atomic mass is 9.89. The topological polar surface area (TPSA) is 0 Å². The summed E-state index contributed by atoms with van der Waals surface area (Å²) in [6.45, 7) is 4.49. The van der Waals surface area contributed by atoms with Gasteiger partial charge in [0.2, 0.25) is 0 Å². The van der Waals surface area contributed by atoms with Gasteiger partial charge >= 0.3 is 0 Å². The van der Waals surface area contributed by atoms with Crippen molar-refractivity contribution in [3.8, 4) is 43.1 Å². The number of benzene rings is 5. The van der Waals surface area contributed by atoms with E-state index in [1.165, 1.54) is 74.4 Å². The fraction of sp³-hybridized carbons (Fsp3) is 0.0556. The van der Waals surface area contributed by atoms with Crippen molar-refractivity contribution in [3.63, 3.8) is 0 Å². The molecule has 0 aliphatic carbocycles. The molecule has 38 heavy (non-hydrogen) atoms. The highest BCUT2D eigenvalue weighted by Crippen LogP contribution is 2.49. The molecule has 2 heteroatoms. The lowest BCUT2D eigenvalue weighted by Crippen LogP contribution is -1.88. The Morgan fingerprint density at radius 3 is 1.05 bits per heavy atom. The highest BCUT2D eigenvalue weighted by atomic mass is 32.1. The molecule has 2 aromatic heterocycles. The maximum absolute atomic E-state index is 2.39. The van der Waals surface area contributed by atoms with Gasteiger partial charge in [-0.05, 0) is 69.8 Å². The lowest BCUT2D eigenvalue weighted by Gasteiger charge is -2.15. The Morgan fingerprint density at radius 1 is 0.395 bits per heavy atom. The third kappa shape index (κ3) is 3.80. The third-order valence-corrected chi connectivity index (χ3v) is 9.57. The molecule has 5 aromatic carbocycles. The molecule has 0 amide bonds. The first kappa shape index (κ1) is 23.2. The van der Waals surface area contributed by atoms with Crippen molar-refractivity contribution in [3.05, 3.63) is 131 Å². The van der Waals surface area contributed by atoms with Crippen molar-refractivity contribution in [2.75, 3.05) is 0 Å². The van der Waals surface area contributed by atoms with Gasteiger partial charge in [-0.1, -0.05) is 109 Å². The number of fused-ring (bicyclic) bond motifs is 2. The van der Waals surface area contributed by atoms with Crippen molar-refractivity contribution in [1.29, 1.82) is 0 Å². The molecular weight excluding hydrogens is 497 g/mol. The smallest absolute Gasteiger partial charge is 0.0364 e. The van der Waals surface area contributed by atoms with Gasteiger partial charge in [-0.3, -0.25) is 0 Å². The largest absolute Gasteiger partial charge is 0.140 e. The van der Waals surface area contributed by atoms with Crippen LogP contribution in [0.2, 0.25) is 0 Å². The Balaban J connectivity index is 1.51. The molecule has 0 aliphatic rings. The number of thiophene rings is 2. The van der Waals surface area contributed by atoms with Crippen LogP contribution in [0.15, 0.2) is 121 Å². The van der Waals surface area contributed by atoms with Crippen molar-refractivity contribution in [1.82, 2.24) is 0 Å². The van der Waals surface area contributed by atoms with Crippen LogP contribution in [0, 0.1) is 13.8 Å². The van der Waals surface area contributed by atoms with E-state index in [0.29, 0.717) is 0 Å². The zero-order valence-electron chi connectivity index (χ0n) is 21.4. The van der Waals surface area contributed by atoms with Gasteiger partial charge in [0, 0.05) is 30.6 Å². The van der Waals surface area contributed by atoms with Gasteiger partial charge in [-0.2, -0.15) is 0 Å². The van der Waals surface area contributed by atoms with Crippen molar-refractivity contribution >= 4 is 44.2 Å². The zero-order valence-corrected chi connectivity index (χ0v) is 23.0. The molecule has 182 valence electrons. The molecule has 0 N–H and O–H groups in total. The highest BCUT2D eigenvalue weighted by Gasteiger charge is 2.20. The van der Waals surface area contributed by atoms with E-state index in [4.69, 9.17) is 0 Å². The average Bonchev–Trinajstić information content (AvgIpc) is 3.54. The molecule has 7 aromatic rings. The maximum atomic E-state index is 2.39. The second-order valence-electron chi connectivity index (χ2n) is 9.73. The minimum Gasteiger partial charge on any atom is -0.140 e. The number of rotatable bonds is 4. The van der Waals surface area contributed by atoms with Gasteiger partial charge in [0.25, 0.3) is 0 Å². The van der Waals surface area contributed by atoms with Gasteiger partial charge < -0.3 is 0 Å². The maximum Gasteiger partial charge on any atom is 0.0364 e. The SMILES string of the molecule is Cc1sc(-c2c3ccccc3c(-c3cc(-c4ccccc4)c(C)s3)c3ccccc23)cc1-c1ccccc1. The van der Waals surface area contributed by atoms with Crippen molar-refractivity contribution in [2.45, 2.75) is 13.8 Å². The molecule has 0 unspecified atom stereocenters. The second-order valence-corrected chi connectivity index (χ2v) is 12.2. The summed E-state index contributed by atoms with van der Waals surface area (Å²) in [4.78, 5) is 5.36. The van der Waals surface area contributed by atoms with E-state index in [2.05, 4.69) is 135 Å².